The molecule has 0 aromatic heterocycles. The van der Waals surface area contributed by atoms with Gasteiger partial charge in [-0.1, -0.05) is 168 Å². The highest BCUT2D eigenvalue weighted by Crippen LogP contribution is 2.39. The fraction of sp³-hybridized carbons (Fsp3) is 0.380. The van der Waals surface area contributed by atoms with Crippen LogP contribution in [0.4, 0.5) is 5.69 Å². The van der Waals surface area contributed by atoms with Crippen molar-refractivity contribution >= 4 is 11.6 Å². The first kappa shape index (κ1) is 37.3. The Labute approximate surface area is 314 Å². The van der Waals surface area contributed by atoms with Crippen LogP contribution in [0.2, 0.25) is 0 Å². The van der Waals surface area contributed by atoms with Crippen LogP contribution in [0, 0.1) is 0 Å². The number of benzene rings is 5. The number of carbonyl (C=O) groups is 1. The second-order valence-electron chi connectivity index (χ2n) is 19.2. The summed E-state index contributed by atoms with van der Waals surface area (Å²) in [6.45, 7) is 28.2. The Kier molecular flexibility index (Phi) is 9.71. The number of nitrogens with zero attached hydrogens (tertiary/aromatic N) is 1. The molecular formula is C50H59NO. The van der Waals surface area contributed by atoms with Crippen LogP contribution in [0.1, 0.15) is 118 Å². The average molecular weight is 690 g/mol. The summed E-state index contributed by atoms with van der Waals surface area (Å²) in [5, 5.41) is 0. The molecule has 0 radical (unpaired) electrons. The lowest BCUT2D eigenvalue weighted by Crippen LogP contribution is -2.23. The first-order valence-corrected chi connectivity index (χ1v) is 19.2. The number of carbonyl (C=O) groups excluding carboxylic acids is 1. The number of rotatable bonds is 5. The highest BCUT2D eigenvalue weighted by atomic mass is 16.2. The van der Waals surface area contributed by atoms with Gasteiger partial charge in [-0.15, -0.1) is 0 Å². The van der Waals surface area contributed by atoms with Crippen LogP contribution in [-0.2, 0) is 26.5 Å². The second kappa shape index (κ2) is 13.5. The fourth-order valence-electron chi connectivity index (χ4n) is 7.05. The Morgan fingerprint density at radius 3 is 0.923 bits per heavy atom. The van der Waals surface area contributed by atoms with E-state index in [0.29, 0.717) is 6.42 Å². The third kappa shape index (κ3) is 8.12. The van der Waals surface area contributed by atoms with Gasteiger partial charge in [0.05, 0.1) is 0 Å². The molecule has 1 heterocycles. The Balaban J connectivity index is 1.39. The van der Waals surface area contributed by atoms with Crippen molar-refractivity contribution in [1.82, 2.24) is 0 Å². The summed E-state index contributed by atoms with van der Waals surface area (Å²) >= 11 is 0. The lowest BCUT2D eigenvalue weighted by molar-refractivity contribution is -0.117. The summed E-state index contributed by atoms with van der Waals surface area (Å²) in [6, 6.07) is 38.8. The Hall–Kier alpha value is -4.43. The molecule has 0 N–H and O–H groups in total. The molecule has 0 bridgehead atoms. The molecule has 1 amide bonds. The van der Waals surface area contributed by atoms with E-state index in [9.17, 15) is 4.79 Å². The van der Waals surface area contributed by atoms with Crippen LogP contribution in [0.25, 0.3) is 44.5 Å². The molecular weight excluding hydrogens is 631 g/mol. The highest BCUT2D eigenvalue weighted by Gasteiger charge is 2.25. The molecule has 1 aliphatic rings. The highest BCUT2D eigenvalue weighted by molar-refractivity contribution is 5.97. The summed E-state index contributed by atoms with van der Waals surface area (Å²) in [5.41, 5.74) is 16.1. The number of anilines is 1. The minimum atomic E-state index is 0.0594. The van der Waals surface area contributed by atoms with E-state index in [1.165, 1.54) is 44.5 Å². The van der Waals surface area contributed by atoms with Crippen LogP contribution < -0.4 is 4.90 Å². The van der Waals surface area contributed by atoms with Gasteiger partial charge in [0.2, 0.25) is 5.91 Å². The molecule has 0 spiro atoms. The molecule has 1 saturated heterocycles. The van der Waals surface area contributed by atoms with Gasteiger partial charge in [0.25, 0.3) is 0 Å². The van der Waals surface area contributed by atoms with Gasteiger partial charge in [0, 0.05) is 18.7 Å². The maximum Gasteiger partial charge on any atom is 0.227 e. The van der Waals surface area contributed by atoms with Gasteiger partial charge >= 0.3 is 0 Å². The van der Waals surface area contributed by atoms with Crippen LogP contribution in [0.5, 0.6) is 0 Å². The summed E-state index contributed by atoms with van der Waals surface area (Å²) < 4.78 is 0. The Morgan fingerprint density at radius 1 is 0.385 bits per heavy atom. The largest absolute Gasteiger partial charge is 0.312 e. The molecule has 1 fully saturated rings. The summed E-state index contributed by atoms with van der Waals surface area (Å²) in [5.74, 6) is 0.204. The minimum Gasteiger partial charge on any atom is -0.312 e. The van der Waals surface area contributed by atoms with E-state index >= 15 is 0 Å². The summed E-state index contributed by atoms with van der Waals surface area (Å²) in [4.78, 5) is 15.0. The molecule has 0 aliphatic carbocycles. The molecule has 52 heavy (non-hydrogen) atoms. The van der Waals surface area contributed by atoms with E-state index in [4.69, 9.17) is 0 Å². The van der Waals surface area contributed by atoms with Gasteiger partial charge in [-0.3, -0.25) is 4.79 Å². The molecule has 270 valence electrons. The minimum absolute atomic E-state index is 0.0594. The van der Waals surface area contributed by atoms with Crippen molar-refractivity contribution in [3.05, 3.63) is 125 Å². The molecule has 5 aromatic rings. The van der Waals surface area contributed by atoms with Gasteiger partial charge < -0.3 is 4.90 Å². The van der Waals surface area contributed by atoms with E-state index in [1.807, 2.05) is 4.90 Å². The first-order chi connectivity index (χ1) is 24.2. The fourth-order valence-corrected chi connectivity index (χ4v) is 7.05. The van der Waals surface area contributed by atoms with Gasteiger partial charge in [-0.25, -0.2) is 0 Å². The van der Waals surface area contributed by atoms with Crippen LogP contribution in [-0.4, -0.2) is 12.5 Å². The van der Waals surface area contributed by atoms with Crippen molar-refractivity contribution in [2.24, 2.45) is 0 Å². The number of hydrogen-bond acceptors (Lipinski definition) is 1. The molecule has 6 rings (SSSR count). The van der Waals surface area contributed by atoms with Gasteiger partial charge in [0.15, 0.2) is 0 Å². The molecule has 5 aromatic carbocycles. The van der Waals surface area contributed by atoms with Crippen molar-refractivity contribution in [3.63, 3.8) is 0 Å². The van der Waals surface area contributed by atoms with Crippen molar-refractivity contribution in [1.29, 1.82) is 0 Å². The molecule has 0 unspecified atom stereocenters. The second-order valence-corrected chi connectivity index (χ2v) is 19.2. The van der Waals surface area contributed by atoms with Crippen molar-refractivity contribution in [2.75, 3.05) is 11.4 Å². The topological polar surface area (TPSA) is 20.3 Å². The zero-order chi connectivity index (χ0) is 37.8. The lowest BCUT2D eigenvalue weighted by Gasteiger charge is -2.26. The number of amides is 1. The normalized spacial score (nSPS) is 14.3. The van der Waals surface area contributed by atoms with Crippen molar-refractivity contribution in [3.8, 4) is 44.5 Å². The van der Waals surface area contributed by atoms with Crippen LogP contribution in [0.3, 0.4) is 0 Å². The smallest absolute Gasteiger partial charge is 0.227 e. The molecule has 0 atom stereocenters. The van der Waals surface area contributed by atoms with Crippen molar-refractivity contribution in [2.45, 2.75) is 118 Å². The van der Waals surface area contributed by atoms with E-state index in [2.05, 4.69) is 186 Å². The van der Waals surface area contributed by atoms with E-state index in [0.717, 1.165) is 40.9 Å². The monoisotopic (exact) mass is 689 g/mol. The first-order valence-electron chi connectivity index (χ1n) is 19.2. The summed E-state index contributed by atoms with van der Waals surface area (Å²) in [7, 11) is 0. The Morgan fingerprint density at radius 2 is 0.673 bits per heavy atom. The maximum atomic E-state index is 13.0. The maximum absolute atomic E-state index is 13.0. The van der Waals surface area contributed by atoms with Gasteiger partial charge in [-0.2, -0.15) is 0 Å². The van der Waals surface area contributed by atoms with Gasteiger partial charge in [0.1, 0.15) is 0 Å². The van der Waals surface area contributed by atoms with Gasteiger partial charge in [-0.05, 0) is 113 Å². The average Bonchev–Trinajstić information content (AvgIpc) is 3.52. The molecule has 0 saturated carbocycles. The van der Waals surface area contributed by atoms with E-state index < -0.39 is 0 Å². The molecule has 1 aliphatic heterocycles. The molecule has 2 nitrogen and oxygen atoms in total. The zero-order valence-corrected chi connectivity index (χ0v) is 33.8. The summed E-state index contributed by atoms with van der Waals surface area (Å²) in [6.07, 6.45) is 1.51. The van der Waals surface area contributed by atoms with E-state index in [-0.39, 0.29) is 27.6 Å². The van der Waals surface area contributed by atoms with Crippen LogP contribution >= 0.6 is 0 Å². The third-order valence-electron chi connectivity index (χ3n) is 10.7. The number of hydrogen-bond donors (Lipinski definition) is 0. The van der Waals surface area contributed by atoms with E-state index in [1.54, 1.807) is 0 Å². The quantitative estimate of drug-likeness (QED) is 0.180. The standard InChI is InChI=1S/C50H59NO/c1-47(2,3)41-25-39(26-42(31-41)48(4,5)6)35-19-15-33(16-20-35)37-24-38(30-45(29-37)51-23-13-14-46(51)52)34-17-21-36(22-18-34)40-27-43(49(7,8)9)32-44(28-40)50(10,11)12/h15-22,24-32H,13-14,23H2,1-12H3. The lowest BCUT2D eigenvalue weighted by atomic mass is 9.79. The predicted octanol–water partition coefficient (Wildman–Crippen LogP) is 13.7. The van der Waals surface area contributed by atoms with Crippen LogP contribution in [0.15, 0.2) is 103 Å². The third-order valence-corrected chi connectivity index (χ3v) is 10.7. The molecule has 2 heteroatoms. The zero-order valence-electron chi connectivity index (χ0n) is 33.8. The SMILES string of the molecule is CC(C)(C)c1cc(-c2ccc(-c3cc(-c4ccc(-c5cc(C(C)(C)C)cc(C(C)(C)C)c5)cc4)cc(N4CCCC4=O)c3)cc2)cc(C(C)(C)C)c1. The Bertz CT molecular complexity index is 1880. The predicted molar refractivity (Wildman–Crippen MR) is 225 cm³/mol. The van der Waals surface area contributed by atoms with Crippen molar-refractivity contribution < 1.29 is 4.79 Å².